The average Bonchev–Trinajstić information content (AvgIpc) is 2.94. The Kier molecular flexibility index (Phi) is 4.43. The second-order valence-electron chi connectivity index (χ2n) is 6.85. The number of amides is 1. The standard InChI is InChI=1S/C20H20FN5O/c1-12-23-17(14-6-8-15(21)9-7-14)10-18(24-12)25-20(27)19-16(11-22-26(19)2)13-4-3-5-13/h6-11,13H,3-5H2,1-2H3,(H,23,24,25,27). The Hall–Kier alpha value is -3.09. The maximum Gasteiger partial charge on any atom is 0.275 e. The lowest BCUT2D eigenvalue weighted by molar-refractivity contribution is 0.101. The predicted molar refractivity (Wildman–Crippen MR) is 99.9 cm³/mol. The second-order valence-corrected chi connectivity index (χ2v) is 6.85. The van der Waals surface area contributed by atoms with Crippen molar-refractivity contribution in [2.45, 2.75) is 32.1 Å². The summed E-state index contributed by atoms with van der Waals surface area (Å²) in [5, 5.41) is 7.13. The minimum Gasteiger partial charge on any atom is -0.305 e. The van der Waals surface area contributed by atoms with E-state index in [1.54, 1.807) is 43.0 Å². The van der Waals surface area contributed by atoms with Crippen LogP contribution in [-0.4, -0.2) is 25.7 Å². The van der Waals surface area contributed by atoms with Crippen molar-refractivity contribution in [3.63, 3.8) is 0 Å². The monoisotopic (exact) mass is 365 g/mol. The molecule has 1 N–H and O–H groups in total. The molecule has 0 radical (unpaired) electrons. The largest absolute Gasteiger partial charge is 0.305 e. The molecule has 1 aliphatic rings. The van der Waals surface area contributed by atoms with E-state index in [2.05, 4.69) is 20.4 Å². The Morgan fingerprint density at radius 3 is 2.63 bits per heavy atom. The zero-order chi connectivity index (χ0) is 19.0. The van der Waals surface area contributed by atoms with Crippen molar-refractivity contribution >= 4 is 11.7 Å². The summed E-state index contributed by atoms with van der Waals surface area (Å²) < 4.78 is 14.8. The van der Waals surface area contributed by atoms with E-state index in [0.717, 1.165) is 24.0 Å². The highest BCUT2D eigenvalue weighted by Crippen LogP contribution is 2.38. The van der Waals surface area contributed by atoms with Crippen molar-refractivity contribution in [1.82, 2.24) is 19.7 Å². The lowest BCUT2D eigenvalue weighted by Gasteiger charge is -2.25. The molecular weight excluding hydrogens is 345 g/mol. The van der Waals surface area contributed by atoms with Gasteiger partial charge in [-0.1, -0.05) is 6.42 Å². The van der Waals surface area contributed by atoms with Gasteiger partial charge in [0.05, 0.1) is 11.9 Å². The lowest BCUT2D eigenvalue weighted by Crippen LogP contribution is -2.21. The molecule has 0 saturated heterocycles. The molecule has 0 aliphatic heterocycles. The van der Waals surface area contributed by atoms with E-state index in [1.807, 2.05) is 0 Å². The maximum atomic E-state index is 13.2. The van der Waals surface area contributed by atoms with Crippen molar-refractivity contribution < 1.29 is 9.18 Å². The number of benzene rings is 1. The predicted octanol–water partition coefficient (Wildman–Crippen LogP) is 3.84. The van der Waals surface area contributed by atoms with Crippen LogP contribution in [0.25, 0.3) is 11.3 Å². The number of carbonyl (C=O) groups is 1. The molecule has 2 aromatic heterocycles. The first kappa shape index (κ1) is 17.3. The molecule has 0 bridgehead atoms. The van der Waals surface area contributed by atoms with E-state index in [9.17, 15) is 9.18 Å². The highest BCUT2D eigenvalue weighted by molar-refractivity contribution is 6.03. The molecule has 1 amide bonds. The topological polar surface area (TPSA) is 72.7 Å². The first-order valence-electron chi connectivity index (χ1n) is 8.96. The van der Waals surface area contributed by atoms with Gasteiger partial charge in [-0.3, -0.25) is 9.48 Å². The number of aryl methyl sites for hydroxylation is 2. The van der Waals surface area contributed by atoms with E-state index >= 15 is 0 Å². The van der Waals surface area contributed by atoms with E-state index in [1.165, 1.54) is 18.6 Å². The number of carbonyl (C=O) groups excluding carboxylic acids is 1. The SMILES string of the molecule is Cc1nc(NC(=O)c2c(C3CCC3)cnn2C)cc(-c2ccc(F)cc2)n1. The summed E-state index contributed by atoms with van der Waals surface area (Å²) >= 11 is 0. The van der Waals surface area contributed by atoms with Crippen molar-refractivity contribution in [3.05, 3.63) is 59.4 Å². The Labute approximate surface area is 156 Å². The molecule has 2 heterocycles. The van der Waals surface area contributed by atoms with Gasteiger partial charge in [-0.2, -0.15) is 5.10 Å². The van der Waals surface area contributed by atoms with Crippen LogP contribution in [0.4, 0.5) is 10.2 Å². The molecule has 1 aromatic carbocycles. The maximum absolute atomic E-state index is 13.2. The van der Waals surface area contributed by atoms with Gasteiger partial charge in [0.25, 0.3) is 5.91 Å². The van der Waals surface area contributed by atoms with Gasteiger partial charge in [-0.05, 0) is 49.9 Å². The number of nitrogens with one attached hydrogen (secondary N) is 1. The van der Waals surface area contributed by atoms with Crippen molar-refractivity contribution in [2.75, 3.05) is 5.32 Å². The summed E-state index contributed by atoms with van der Waals surface area (Å²) in [5.41, 5.74) is 2.94. The van der Waals surface area contributed by atoms with Gasteiger partial charge >= 0.3 is 0 Å². The molecule has 0 spiro atoms. The third-order valence-corrected chi connectivity index (χ3v) is 4.95. The highest BCUT2D eigenvalue weighted by Gasteiger charge is 2.28. The van der Waals surface area contributed by atoms with E-state index < -0.39 is 0 Å². The van der Waals surface area contributed by atoms with Gasteiger partial charge in [0.1, 0.15) is 23.2 Å². The van der Waals surface area contributed by atoms with E-state index in [4.69, 9.17) is 0 Å². The van der Waals surface area contributed by atoms with Crippen LogP contribution in [0, 0.1) is 12.7 Å². The normalized spacial score (nSPS) is 14.0. The molecule has 1 fully saturated rings. The number of nitrogens with zero attached hydrogens (tertiary/aromatic N) is 4. The second kappa shape index (κ2) is 6.90. The van der Waals surface area contributed by atoms with Crippen molar-refractivity contribution in [1.29, 1.82) is 0 Å². The number of hydrogen-bond donors (Lipinski definition) is 1. The third kappa shape index (κ3) is 3.45. The Bertz CT molecular complexity index is 992. The zero-order valence-corrected chi connectivity index (χ0v) is 15.2. The van der Waals surface area contributed by atoms with E-state index in [-0.39, 0.29) is 11.7 Å². The van der Waals surface area contributed by atoms with Crippen molar-refractivity contribution in [2.24, 2.45) is 7.05 Å². The first-order valence-corrected chi connectivity index (χ1v) is 8.96. The highest BCUT2D eigenvalue weighted by atomic mass is 19.1. The minimum atomic E-state index is -0.308. The first-order chi connectivity index (χ1) is 13.0. The lowest BCUT2D eigenvalue weighted by atomic mass is 9.80. The molecule has 0 unspecified atom stereocenters. The average molecular weight is 365 g/mol. The quantitative estimate of drug-likeness (QED) is 0.762. The number of hydrogen-bond acceptors (Lipinski definition) is 4. The van der Waals surface area contributed by atoms with Gasteiger partial charge < -0.3 is 5.32 Å². The Balaban J connectivity index is 1.62. The van der Waals surface area contributed by atoms with Crippen LogP contribution in [0.15, 0.2) is 36.5 Å². The number of halogens is 1. The molecule has 1 saturated carbocycles. The number of anilines is 1. The Morgan fingerprint density at radius 2 is 1.96 bits per heavy atom. The molecule has 0 atom stereocenters. The Morgan fingerprint density at radius 1 is 1.22 bits per heavy atom. The summed E-state index contributed by atoms with van der Waals surface area (Å²) in [6.07, 6.45) is 5.15. The van der Waals surface area contributed by atoms with Crippen LogP contribution >= 0.6 is 0 Å². The summed E-state index contributed by atoms with van der Waals surface area (Å²) in [4.78, 5) is 21.6. The summed E-state index contributed by atoms with van der Waals surface area (Å²) in [6, 6.07) is 7.76. The molecule has 4 rings (SSSR count). The van der Waals surface area contributed by atoms with Crippen LogP contribution in [0.1, 0.15) is 47.1 Å². The summed E-state index contributed by atoms with van der Waals surface area (Å²) in [7, 11) is 1.77. The molecule has 6 nitrogen and oxygen atoms in total. The number of rotatable bonds is 4. The van der Waals surface area contributed by atoms with Crippen LogP contribution in [0.3, 0.4) is 0 Å². The van der Waals surface area contributed by atoms with Gasteiger partial charge in [0, 0.05) is 24.2 Å². The van der Waals surface area contributed by atoms with Crippen LogP contribution < -0.4 is 5.32 Å². The van der Waals surface area contributed by atoms with Crippen molar-refractivity contribution in [3.8, 4) is 11.3 Å². The fraction of sp³-hybridized carbons (Fsp3) is 0.300. The fourth-order valence-electron chi connectivity index (χ4n) is 3.33. The van der Waals surface area contributed by atoms with Gasteiger partial charge in [0.15, 0.2) is 0 Å². The summed E-state index contributed by atoms with van der Waals surface area (Å²) in [6.45, 7) is 1.76. The van der Waals surface area contributed by atoms with E-state index in [0.29, 0.717) is 28.9 Å². The fourth-order valence-corrected chi connectivity index (χ4v) is 3.33. The van der Waals surface area contributed by atoms with Gasteiger partial charge in [-0.15, -0.1) is 0 Å². The third-order valence-electron chi connectivity index (χ3n) is 4.95. The molecule has 138 valence electrons. The van der Waals surface area contributed by atoms with Crippen LogP contribution in [0.2, 0.25) is 0 Å². The molecule has 3 aromatic rings. The zero-order valence-electron chi connectivity index (χ0n) is 15.2. The molecule has 27 heavy (non-hydrogen) atoms. The van der Waals surface area contributed by atoms with Crippen LogP contribution in [0.5, 0.6) is 0 Å². The smallest absolute Gasteiger partial charge is 0.275 e. The minimum absolute atomic E-state index is 0.236. The summed E-state index contributed by atoms with van der Waals surface area (Å²) in [5.74, 6) is 0.795. The van der Waals surface area contributed by atoms with Gasteiger partial charge in [0.2, 0.25) is 0 Å². The molecule has 7 heteroatoms. The molecule has 1 aliphatic carbocycles. The van der Waals surface area contributed by atoms with Crippen LogP contribution in [-0.2, 0) is 7.05 Å². The van der Waals surface area contributed by atoms with Gasteiger partial charge in [-0.25, -0.2) is 14.4 Å². The number of aromatic nitrogens is 4. The molecular formula is C20H20FN5O.